The second kappa shape index (κ2) is 4.45. The number of carboxylic acids is 1. The van der Waals surface area contributed by atoms with Crippen LogP contribution in [0.2, 0.25) is 0 Å². The Kier molecular flexibility index (Phi) is 3.01. The van der Waals surface area contributed by atoms with Crippen LogP contribution in [0.3, 0.4) is 0 Å². The van der Waals surface area contributed by atoms with Gasteiger partial charge < -0.3 is 5.11 Å². The average Bonchev–Trinajstić information content (AvgIpc) is 2.29. The SMILES string of the molecule is O=C(O)c1cccnc1-c1ccccc1Br. The molecular weight excluding hydrogens is 270 g/mol. The summed E-state index contributed by atoms with van der Waals surface area (Å²) in [4.78, 5) is 15.2. The minimum atomic E-state index is -0.973. The Labute approximate surface area is 101 Å². The Hall–Kier alpha value is -1.68. The van der Waals surface area contributed by atoms with Crippen LogP contribution in [-0.2, 0) is 0 Å². The van der Waals surface area contributed by atoms with Crippen molar-refractivity contribution in [2.24, 2.45) is 0 Å². The minimum absolute atomic E-state index is 0.203. The van der Waals surface area contributed by atoms with Gasteiger partial charge in [0.15, 0.2) is 0 Å². The van der Waals surface area contributed by atoms with Gasteiger partial charge in [0.05, 0.1) is 11.3 Å². The van der Waals surface area contributed by atoms with Crippen LogP contribution in [0.15, 0.2) is 47.1 Å². The van der Waals surface area contributed by atoms with Crippen LogP contribution in [0.4, 0.5) is 0 Å². The molecule has 0 saturated heterocycles. The van der Waals surface area contributed by atoms with Crippen molar-refractivity contribution in [1.82, 2.24) is 4.98 Å². The van der Waals surface area contributed by atoms with Crippen LogP contribution in [-0.4, -0.2) is 16.1 Å². The van der Waals surface area contributed by atoms with E-state index in [1.54, 1.807) is 18.3 Å². The normalized spacial score (nSPS) is 10.1. The third-order valence-corrected chi connectivity index (χ3v) is 2.86. The smallest absolute Gasteiger partial charge is 0.337 e. The summed E-state index contributed by atoms with van der Waals surface area (Å²) in [6.45, 7) is 0. The van der Waals surface area contributed by atoms with E-state index in [9.17, 15) is 4.79 Å². The van der Waals surface area contributed by atoms with Crippen LogP contribution >= 0.6 is 15.9 Å². The zero-order valence-corrected chi connectivity index (χ0v) is 9.81. The van der Waals surface area contributed by atoms with E-state index in [-0.39, 0.29) is 5.56 Å². The maximum atomic E-state index is 11.1. The quantitative estimate of drug-likeness (QED) is 0.917. The molecule has 4 heteroatoms. The van der Waals surface area contributed by atoms with Gasteiger partial charge in [0.1, 0.15) is 0 Å². The fourth-order valence-electron chi connectivity index (χ4n) is 1.45. The summed E-state index contributed by atoms with van der Waals surface area (Å²) in [7, 11) is 0. The predicted octanol–water partition coefficient (Wildman–Crippen LogP) is 3.21. The summed E-state index contributed by atoms with van der Waals surface area (Å²) in [5, 5.41) is 9.06. The number of pyridine rings is 1. The Morgan fingerprint density at radius 2 is 1.94 bits per heavy atom. The molecule has 0 unspecified atom stereocenters. The van der Waals surface area contributed by atoms with Crippen LogP contribution in [0, 0.1) is 0 Å². The summed E-state index contributed by atoms with van der Waals surface area (Å²) in [5.74, 6) is -0.973. The maximum absolute atomic E-state index is 11.1. The molecule has 16 heavy (non-hydrogen) atoms. The molecule has 0 fully saturated rings. The van der Waals surface area contributed by atoms with Crippen molar-refractivity contribution >= 4 is 21.9 Å². The lowest BCUT2D eigenvalue weighted by Crippen LogP contribution is -2.01. The van der Waals surface area contributed by atoms with E-state index < -0.39 is 5.97 Å². The standard InChI is InChI=1S/C12H8BrNO2/c13-10-6-2-1-4-8(10)11-9(12(15)16)5-3-7-14-11/h1-7H,(H,15,16). The molecule has 3 nitrogen and oxygen atoms in total. The minimum Gasteiger partial charge on any atom is -0.478 e. The molecular formula is C12H8BrNO2. The lowest BCUT2D eigenvalue weighted by atomic mass is 10.1. The van der Waals surface area contributed by atoms with Crippen molar-refractivity contribution in [2.45, 2.75) is 0 Å². The largest absolute Gasteiger partial charge is 0.478 e. The Bertz CT molecular complexity index is 540. The fourth-order valence-corrected chi connectivity index (χ4v) is 1.92. The number of hydrogen-bond acceptors (Lipinski definition) is 2. The van der Waals surface area contributed by atoms with Gasteiger partial charge in [-0.2, -0.15) is 0 Å². The van der Waals surface area contributed by atoms with Gasteiger partial charge in [-0.05, 0) is 18.2 Å². The molecule has 0 radical (unpaired) electrons. The molecule has 0 amide bonds. The molecule has 0 saturated carbocycles. The van der Waals surface area contributed by atoms with Crippen LogP contribution in [0.5, 0.6) is 0 Å². The number of aromatic carboxylic acids is 1. The van der Waals surface area contributed by atoms with Gasteiger partial charge in [0.25, 0.3) is 0 Å². The van der Waals surface area contributed by atoms with Gasteiger partial charge in [0.2, 0.25) is 0 Å². The lowest BCUT2D eigenvalue weighted by molar-refractivity contribution is 0.0697. The second-order valence-electron chi connectivity index (χ2n) is 3.18. The van der Waals surface area contributed by atoms with Crippen molar-refractivity contribution in [2.75, 3.05) is 0 Å². The van der Waals surface area contributed by atoms with E-state index in [1.165, 1.54) is 0 Å². The van der Waals surface area contributed by atoms with E-state index >= 15 is 0 Å². The van der Waals surface area contributed by atoms with Gasteiger partial charge in [-0.3, -0.25) is 4.98 Å². The third kappa shape index (κ3) is 1.97. The van der Waals surface area contributed by atoms with Crippen LogP contribution < -0.4 is 0 Å². The topological polar surface area (TPSA) is 50.2 Å². The van der Waals surface area contributed by atoms with Crippen molar-refractivity contribution in [1.29, 1.82) is 0 Å². The monoisotopic (exact) mass is 277 g/mol. The van der Waals surface area contributed by atoms with Gasteiger partial charge in [-0.25, -0.2) is 4.79 Å². The first-order valence-electron chi connectivity index (χ1n) is 4.63. The maximum Gasteiger partial charge on any atom is 0.337 e. The van der Waals surface area contributed by atoms with Crippen molar-refractivity contribution in [3.05, 3.63) is 52.6 Å². The van der Waals surface area contributed by atoms with E-state index in [1.807, 2.05) is 24.3 Å². The van der Waals surface area contributed by atoms with Crippen molar-refractivity contribution < 1.29 is 9.90 Å². The highest BCUT2D eigenvalue weighted by molar-refractivity contribution is 9.10. The summed E-state index contributed by atoms with van der Waals surface area (Å²) in [6, 6.07) is 10.6. The molecule has 0 aliphatic rings. The third-order valence-electron chi connectivity index (χ3n) is 2.17. The van der Waals surface area contributed by atoms with Gasteiger partial charge >= 0.3 is 5.97 Å². The first kappa shape index (κ1) is 10.8. The molecule has 0 bridgehead atoms. The number of hydrogen-bond donors (Lipinski definition) is 1. The molecule has 0 spiro atoms. The number of halogens is 1. The van der Waals surface area contributed by atoms with Gasteiger partial charge in [0, 0.05) is 16.2 Å². The zero-order chi connectivity index (χ0) is 11.5. The van der Waals surface area contributed by atoms with E-state index in [4.69, 9.17) is 5.11 Å². The first-order chi connectivity index (χ1) is 7.70. The molecule has 2 rings (SSSR count). The van der Waals surface area contributed by atoms with Crippen LogP contribution in [0.1, 0.15) is 10.4 Å². The molecule has 2 aromatic rings. The molecule has 80 valence electrons. The summed E-state index contributed by atoms with van der Waals surface area (Å²) in [6.07, 6.45) is 1.58. The van der Waals surface area contributed by atoms with Crippen LogP contribution in [0.25, 0.3) is 11.3 Å². The summed E-state index contributed by atoms with van der Waals surface area (Å²) >= 11 is 3.38. The number of aromatic nitrogens is 1. The van der Waals surface area contributed by atoms with E-state index in [0.717, 1.165) is 10.0 Å². The Morgan fingerprint density at radius 3 is 2.62 bits per heavy atom. The van der Waals surface area contributed by atoms with E-state index in [2.05, 4.69) is 20.9 Å². The number of rotatable bonds is 2. The molecule has 1 heterocycles. The van der Waals surface area contributed by atoms with Crippen molar-refractivity contribution in [3.8, 4) is 11.3 Å². The molecule has 0 aliphatic heterocycles. The molecule has 1 aromatic carbocycles. The number of carboxylic acid groups (broad SMARTS) is 1. The number of nitrogens with zero attached hydrogens (tertiary/aromatic N) is 1. The number of benzene rings is 1. The molecule has 0 atom stereocenters. The van der Waals surface area contributed by atoms with E-state index in [0.29, 0.717) is 5.69 Å². The number of carbonyl (C=O) groups is 1. The lowest BCUT2D eigenvalue weighted by Gasteiger charge is -2.06. The second-order valence-corrected chi connectivity index (χ2v) is 4.04. The average molecular weight is 278 g/mol. The predicted molar refractivity (Wildman–Crippen MR) is 64.3 cm³/mol. The summed E-state index contributed by atoms with van der Waals surface area (Å²) < 4.78 is 0.830. The van der Waals surface area contributed by atoms with Crippen molar-refractivity contribution in [3.63, 3.8) is 0 Å². The molecule has 1 N–H and O–H groups in total. The van der Waals surface area contributed by atoms with Gasteiger partial charge in [-0.1, -0.05) is 34.1 Å². The highest BCUT2D eigenvalue weighted by Gasteiger charge is 2.13. The highest BCUT2D eigenvalue weighted by atomic mass is 79.9. The summed E-state index contributed by atoms with van der Waals surface area (Å²) in [5.41, 5.74) is 1.46. The van der Waals surface area contributed by atoms with Gasteiger partial charge in [-0.15, -0.1) is 0 Å². The zero-order valence-electron chi connectivity index (χ0n) is 8.22. The molecule has 1 aromatic heterocycles. The first-order valence-corrected chi connectivity index (χ1v) is 5.42. The Morgan fingerprint density at radius 1 is 1.19 bits per heavy atom. The Balaban J connectivity index is 2.65. The highest BCUT2D eigenvalue weighted by Crippen LogP contribution is 2.28. The molecule has 0 aliphatic carbocycles. The fraction of sp³-hybridized carbons (Fsp3) is 0.